The van der Waals surface area contributed by atoms with Crippen molar-refractivity contribution in [2.24, 2.45) is 0 Å². The van der Waals surface area contributed by atoms with Crippen LogP contribution in [0.15, 0.2) is 59.2 Å². The van der Waals surface area contributed by atoms with Gasteiger partial charge in [-0.05, 0) is 71.2 Å². The van der Waals surface area contributed by atoms with E-state index >= 15 is 0 Å². The van der Waals surface area contributed by atoms with Gasteiger partial charge < -0.3 is 14.8 Å². The van der Waals surface area contributed by atoms with Crippen molar-refractivity contribution in [3.8, 4) is 11.5 Å². The number of aryl methyl sites for hydroxylation is 2. The number of benzene rings is 2. The Hall–Kier alpha value is -3.06. The minimum Gasteiger partial charge on any atom is -0.496 e. The van der Waals surface area contributed by atoms with E-state index in [1.54, 1.807) is 13.2 Å². The fourth-order valence-electron chi connectivity index (χ4n) is 3.00. The Kier molecular flexibility index (Phi) is 7.89. The summed E-state index contributed by atoms with van der Waals surface area (Å²) in [5.41, 5.74) is 3.72. The Bertz CT molecular complexity index is 1080. The minimum absolute atomic E-state index is 0.189. The molecule has 31 heavy (non-hydrogen) atoms. The maximum absolute atomic E-state index is 12.2. The van der Waals surface area contributed by atoms with Gasteiger partial charge in [-0.1, -0.05) is 18.2 Å². The second-order valence-corrected chi connectivity index (χ2v) is 7.86. The summed E-state index contributed by atoms with van der Waals surface area (Å²) >= 11 is 3.46. The van der Waals surface area contributed by atoms with Crippen molar-refractivity contribution in [3.05, 3.63) is 81.6 Å². The molecule has 0 aliphatic heterocycles. The van der Waals surface area contributed by atoms with Crippen LogP contribution in [0.3, 0.4) is 0 Å². The molecule has 0 aliphatic rings. The van der Waals surface area contributed by atoms with Crippen molar-refractivity contribution in [3.63, 3.8) is 0 Å². The van der Waals surface area contributed by atoms with E-state index in [0.29, 0.717) is 13.2 Å². The number of amides is 1. The van der Waals surface area contributed by atoms with E-state index in [-0.39, 0.29) is 5.91 Å². The molecule has 1 aromatic heterocycles. The van der Waals surface area contributed by atoms with Crippen LogP contribution in [0.4, 0.5) is 0 Å². The summed E-state index contributed by atoms with van der Waals surface area (Å²) in [5.74, 6) is 1.36. The molecule has 3 aromatic rings. The van der Waals surface area contributed by atoms with Crippen molar-refractivity contribution in [2.75, 3.05) is 7.11 Å². The van der Waals surface area contributed by atoms with Crippen LogP contribution in [0.25, 0.3) is 6.08 Å². The summed E-state index contributed by atoms with van der Waals surface area (Å²) in [5, 5.41) is 7.26. The van der Waals surface area contributed by atoms with E-state index in [4.69, 9.17) is 9.47 Å². The van der Waals surface area contributed by atoms with Crippen molar-refractivity contribution in [1.29, 1.82) is 0 Å². The van der Waals surface area contributed by atoms with Gasteiger partial charge in [-0.2, -0.15) is 5.10 Å². The van der Waals surface area contributed by atoms with Crippen LogP contribution in [0, 0.1) is 6.92 Å². The first-order valence-electron chi connectivity index (χ1n) is 10.0. The highest BCUT2D eigenvalue weighted by atomic mass is 79.9. The molecule has 0 saturated heterocycles. The van der Waals surface area contributed by atoms with Gasteiger partial charge in [0.15, 0.2) is 0 Å². The number of nitrogens with zero attached hydrogens (tertiary/aromatic N) is 2. The molecule has 0 radical (unpaired) electrons. The number of ether oxygens (including phenoxy) is 2. The lowest BCUT2D eigenvalue weighted by Gasteiger charge is -2.11. The Balaban J connectivity index is 1.62. The molecule has 7 heteroatoms. The van der Waals surface area contributed by atoms with Crippen LogP contribution in [0.1, 0.15) is 29.3 Å². The number of halogens is 1. The monoisotopic (exact) mass is 483 g/mol. The zero-order valence-electron chi connectivity index (χ0n) is 17.9. The lowest BCUT2D eigenvalue weighted by atomic mass is 10.1. The molecule has 0 saturated carbocycles. The normalized spacial score (nSPS) is 11.0. The first-order valence-corrected chi connectivity index (χ1v) is 10.8. The number of carbonyl (C=O) groups excluding carboxylic acids is 1. The summed E-state index contributed by atoms with van der Waals surface area (Å²) in [7, 11) is 1.63. The predicted octanol–water partition coefficient (Wildman–Crippen LogP) is 4.89. The van der Waals surface area contributed by atoms with Gasteiger partial charge in [-0.3, -0.25) is 9.48 Å². The summed E-state index contributed by atoms with van der Waals surface area (Å²) in [6.07, 6.45) is 5.18. The number of methoxy groups -OCH3 is 1. The smallest absolute Gasteiger partial charge is 0.244 e. The summed E-state index contributed by atoms with van der Waals surface area (Å²) in [6.45, 7) is 5.54. The molecule has 1 heterocycles. The molecule has 0 bridgehead atoms. The van der Waals surface area contributed by atoms with Crippen LogP contribution in [0.5, 0.6) is 11.5 Å². The van der Waals surface area contributed by atoms with Crippen molar-refractivity contribution in [2.45, 2.75) is 33.5 Å². The van der Waals surface area contributed by atoms with E-state index < -0.39 is 0 Å². The topological polar surface area (TPSA) is 65.4 Å². The number of hydrogen-bond donors (Lipinski definition) is 1. The van der Waals surface area contributed by atoms with E-state index in [1.807, 2.05) is 67.2 Å². The summed E-state index contributed by atoms with van der Waals surface area (Å²) in [4.78, 5) is 12.2. The number of aromatic nitrogens is 2. The maximum Gasteiger partial charge on any atom is 0.244 e. The number of hydrogen-bond acceptors (Lipinski definition) is 4. The van der Waals surface area contributed by atoms with Gasteiger partial charge in [0.25, 0.3) is 0 Å². The zero-order chi connectivity index (χ0) is 22.2. The second-order valence-electron chi connectivity index (χ2n) is 7.01. The molecule has 6 nitrogen and oxygen atoms in total. The fourth-order valence-corrected chi connectivity index (χ4v) is 3.46. The number of carbonyl (C=O) groups is 1. The molecule has 1 amide bonds. The predicted molar refractivity (Wildman–Crippen MR) is 125 cm³/mol. The molecule has 0 aliphatic carbocycles. The standard InChI is InChI=1S/C24H26BrN3O3/c1-4-28-15-21(25)22(27-28)14-26-24(29)11-9-18-8-10-23(30-3)19(13-18)16-31-20-7-5-6-17(2)12-20/h5-13,15H,4,14,16H2,1-3H3,(H,26,29)/b11-9+. The van der Waals surface area contributed by atoms with Crippen molar-refractivity contribution in [1.82, 2.24) is 15.1 Å². The van der Waals surface area contributed by atoms with Crippen LogP contribution in [-0.2, 0) is 24.5 Å². The number of rotatable bonds is 9. The molecule has 2 aromatic carbocycles. The highest BCUT2D eigenvalue weighted by Crippen LogP contribution is 2.23. The number of nitrogens with one attached hydrogen (secondary N) is 1. The minimum atomic E-state index is -0.189. The largest absolute Gasteiger partial charge is 0.496 e. The first-order chi connectivity index (χ1) is 15.0. The highest BCUT2D eigenvalue weighted by molar-refractivity contribution is 9.10. The molecule has 0 unspecified atom stereocenters. The summed E-state index contributed by atoms with van der Waals surface area (Å²) in [6, 6.07) is 13.6. The van der Waals surface area contributed by atoms with Crippen LogP contribution >= 0.6 is 15.9 Å². The third kappa shape index (κ3) is 6.46. The maximum atomic E-state index is 12.2. The van der Waals surface area contributed by atoms with Gasteiger partial charge in [0.05, 0.1) is 23.8 Å². The van der Waals surface area contributed by atoms with Crippen LogP contribution in [0.2, 0.25) is 0 Å². The van der Waals surface area contributed by atoms with Crippen LogP contribution < -0.4 is 14.8 Å². The van der Waals surface area contributed by atoms with Crippen molar-refractivity contribution < 1.29 is 14.3 Å². The Morgan fingerprint density at radius 2 is 2.10 bits per heavy atom. The Morgan fingerprint density at radius 1 is 1.26 bits per heavy atom. The van der Waals surface area contributed by atoms with Crippen molar-refractivity contribution >= 4 is 27.9 Å². The molecule has 0 spiro atoms. The molecule has 3 rings (SSSR count). The van der Waals surface area contributed by atoms with Gasteiger partial charge in [0.1, 0.15) is 18.1 Å². The van der Waals surface area contributed by atoms with Gasteiger partial charge >= 0.3 is 0 Å². The van der Waals surface area contributed by atoms with E-state index in [2.05, 4.69) is 26.3 Å². The third-order valence-electron chi connectivity index (χ3n) is 4.66. The van der Waals surface area contributed by atoms with Gasteiger partial charge in [-0.25, -0.2) is 0 Å². The van der Waals surface area contributed by atoms with Crippen LogP contribution in [-0.4, -0.2) is 22.8 Å². The van der Waals surface area contributed by atoms with E-state index in [1.165, 1.54) is 6.08 Å². The lowest BCUT2D eigenvalue weighted by Crippen LogP contribution is -2.20. The molecule has 162 valence electrons. The Morgan fingerprint density at radius 3 is 2.81 bits per heavy atom. The SMILES string of the molecule is CCn1cc(Br)c(CNC(=O)/C=C/c2ccc(OC)c(COc3cccc(C)c3)c2)n1. The quantitative estimate of drug-likeness (QED) is 0.440. The van der Waals surface area contributed by atoms with Gasteiger partial charge in [0.2, 0.25) is 5.91 Å². The third-order valence-corrected chi connectivity index (χ3v) is 5.32. The lowest BCUT2D eigenvalue weighted by molar-refractivity contribution is -0.116. The highest BCUT2D eigenvalue weighted by Gasteiger charge is 2.08. The molecule has 1 N–H and O–H groups in total. The second kappa shape index (κ2) is 10.8. The molecule has 0 atom stereocenters. The molecular weight excluding hydrogens is 458 g/mol. The van der Waals surface area contributed by atoms with E-state index in [9.17, 15) is 4.79 Å². The fraction of sp³-hybridized carbons (Fsp3) is 0.250. The first kappa shape index (κ1) is 22.6. The average molecular weight is 484 g/mol. The zero-order valence-corrected chi connectivity index (χ0v) is 19.5. The van der Waals surface area contributed by atoms with Gasteiger partial charge in [0, 0.05) is 24.4 Å². The molecule has 0 fully saturated rings. The summed E-state index contributed by atoms with van der Waals surface area (Å²) < 4.78 is 14.1. The van der Waals surface area contributed by atoms with Gasteiger partial charge in [-0.15, -0.1) is 0 Å². The van der Waals surface area contributed by atoms with E-state index in [0.717, 1.165) is 44.9 Å². The average Bonchev–Trinajstić information content (AvgIpc) is 3.14. The molecular formula is C24H26BrN3O3. The Labute approximate surface area is 191 Å².